The summed E-state index contributed by atoms with van der Waals surface area (Å²) in [6, 6.07) is 0.679. The monoisotopic (exact) mass is 283 g/mol. The predicted octanol–water partition coefficient (Wildman–Crippen LogP) is 5.27. The zero-order valence-corrected chi connectivity index (χ0v) is 14.2. The molecule has 2 aliphatic rings. The second-order valence-corrected chi connectivity index (χ2v) is 16.4. The molecule has 2 rings (SSSR count). The lowest BCUT2D eigenvalue weighted by Gasteiger charge is -2.20. The zero-order valence-electron chi connectivity index (χ0n) is 12.4. The molecule has 0 bridgehead atoms. The number of hydrogen-bond donors (Lipinski definition) is 0. The van der Waals surface area contributed by atoms with Crippen molar-refractivity contribution in [2.24, 2.45) is 4.99 Å². The van der Waals surface area contributed by atoms with Gasteiger partial charge in [0, 0.05) is 17.0 Å². The second kappa shape index (κ2) is 6.60. The van der Waals surface area contributed by atoms with Crippen LogP contribution in [0.5, 0.6) is 0 Å². The summed E-state index contributed by atoms with van der Waals surface area (Å²) in [7, 11) is -0.950. The Labute approximate surface area is 118 Å². The predicted molar refractivity (Wildman–Crippen MR) is 87.5 cm³/mol. The molecule has 0 spiro atoms. The van der Waals surface area contributed by atoms with Gasteiger partial charge in [-0.25, -0.2) is 0 Å². The summed E-state index contributed by atoms with van der Waals surface area (Å²) in [5.74, 6) is 0. The van der Waals surface area contributed by atoms with E-state index in [1.165, 1.54) is 57.8 Å². The van der Waals surface area contributed by atoms with Crippen LogP contribution in [0.15, 0.2) is 4.99 Å². The largest absolute Gasteiger partial charge is 0.291 e. The Kier molecular flexibility index (Phi) is 5.37. The lowest BCUT2D eigenvalue weighted by Crippen LogP contribution is -2.19. The third-order valence-corrected chi connectivity index (χ3v) is 8.49. The fraction of sp³-hybridized carbons (Fsp3) is 0.933. The van der Waals surface area contributed by atoms with Gasteiger partial charge in [0.25, 0.3) is 0 Å². The highest BCUT2D eigenvalue weighted by atomic mass is 32.4. The fourth-order valence-corrected chi connectivity index (χ4v) is 8.27. The van der Waals surface area contributed by atoms with Crippen molar-refractivity contribution >= 4 is 24.1 Å². The molecule has 18 heavy (non-hydrogen) atoms. The summed E-state index contributed by atoms with van der Waals surface area (Å²) < 4.78 is 0. The molecule has 0 radical (unpaired) electrons. The van der Waals surface area contributed by atoms with E-state index in [4.69, 9.17) is 4.99 Å². The smallest absolute Gasteiger partial charge is 0.108 e. The maximum atomic E-state index is 5.09. The van der Waals surface area contributed by atoms with Gasteiger partial charge in [-0.3, -0.25) is 4.99 Å². The van der Waals surface area contributed by atoms with Gasteiger partial charge in [-0.05, 0) is 32.1 Å². The van der Waals surface area contributed by atoms with Gasteiger partial charge in [0.2, 0.25) is 0 Å². The molecule has 2 fully saturated rings. The van der Waals surface area contributed by atoms with Crippen LogP contribution in [0.2, 0.25) is 19.6 Å². The summed E-state index contributed by atoms with van der Waals surface area (Å²) in [6.07, 6.45) is 12.4. The molecule has 1 atom stereocenters. The molecule has 0 aromatic carbocycles. The first-order valence-electron chi connectivity index (χ1n) is 7.76. The van der Waals surface area contributed by atoms with E-state index in [9.17, 15) is 0 Å². The minimum atomic E-state index is -0.950. The van der Waals surface area contributed by atoms with Gasteiger partial charge < -0.3 is 0 Å². The topological polar surface area (TPSA) is 12.4 Å². The third-order valence-electron chi connectivity index (χ3n) is 3.93. The van der Waals surface area contributed by atoms with Crippen molar-refractivity contribution in [2.75, 3.05) is 0 Å². The van der Waals surface area contributed by atoms with E-state index in [0.29, 0.717) is 6.04 Å². The minimum Gasteiger partial charge on any atom is -0.291 e. The molecule has 2 saturated carbocycles. The highest BCUT2D eigenvalue weighted by molar-refractivity contribution is 8.29. The summed E-state index contributed by atoms with van der Waals surface area (Å²) >= 11 is 2.29. The van der Waals surface area contributed by atoms with Crippen LogP contribution >= 0.6 is 11.2 Å². The molecule has 0 heterocycles. The third kappa shape index (κ3) is 5.08. The highest BCUT2D eigenvalue weighted by Gasteiger charge is 2.27. The molecule has 2 aliphatic carbocycles. The molecule has 3 heteroatoms. The van der Waals surface area contributed by atoms with E-state index in [-0.39, 0.29) is 0 Å². The Hall–Kier alpha value is 0.237. The first-order chi connectivity index (χ1) is 8.53. The van der Waals surface area contributed by atoms with Gasteiger partial charge in [0.1, 0.15) is 7.22 Å². The summed E-state index contributed by atoms with van der Waals surface area (Å²) in [4.78, 5) is 5.09. The zero-order chi connectivity index (χ0) is 13.0. The van der Waals surface area contributed by atoms with Crippen molar-refractivity contribution in [3.8, 4) is 0 Å². The van der Waals surface area contributed by atoms with Gasteiger partial charge in [0.15, 0.2) is 0 Å². The average Bonchev–Trinajstić information content (AvgIpc) is 2.53. The van der Waals surface area contributed by atoms with Crippen molar-refractivity contribution in [3.05, 3.63) is 0 Å². The molecule has 0 aromatic heterocycles. The van der Waals surface area contributed by atoms with Gasteiger partial charge in [-0.2, -0.15) is 11.2 Å². The molecule has 0 amide bonds. The quantitative estimate of drug-likeness (QED) is 0.507. The lowest BCUT2D eigenvalue weighted by atomic mass is 10.1. The number of hydrogen-bond acceptors (Lipinski definition) is 2. The van der Waals surface area contributed by atoms with Crippen LogP contribution in [0.1, 0.15) is 57.8 Å². The van der Waals surface area contributed by atoms with Gasteiger partial charge in [0.05, 0.1) is 0 Å². The van der Waals surface area contributed by atoms with E-state index >= 15 is 0 Å². The van der Waals surface area contributed by atoms with E-state index < -0.39 is 7.22 Å². The molecular weight excluding hydrogens is 254 g/mol. The first kappa shape index (κ1) is 14.6. The summed E-state index contributed by atoms with van der Waals surface area (Å²) in [6.45, 7) is 7.41. The Morgan fingerprint density at radius 3 is 2.28 bits per heavy atom. The summed E-state index contributed by atoms with van der Waals surface area (Å²) in [5.41, 5.74) is 1.55. The van der Waals surface area contributed by atoms with Crippen LogP contribution in [-0.2, 0) is 0 Å². The molecule has 0 N–H and O–H groups in total. The molecular formula is C15H29NSSi. The Bertz CT molecular complexity index is 287. The van der Waals surface area contributed by atoms with Crippen LogP contribution in [0.4, 0.5) is 0 Å². The van der Waals surface area contributed by atoms with Crippen molar-refractivity contribution < 1.29 is 0 Å². The Morgan fingerprint density at radius 1 is 1.00 bits per heavy atom. The van der Waals surface area contributed by atoms with Crippen LogP contribution in [0, 0.1) is 0 Å². The lowest BCUT2D eigenvalue weighted by molar-refractivity contribution is 0.584. The van der Waals surface area contributed by atoms with E-state index in [1.807, 2.05) is 0 Å². The van der Waals surface area contributed by atoms with Crippen molar-refractivity contribution in [1.29, 1.82) is 0 Å². The van der Waals surface area contributed by atoms with Crippen LogP contribution < -0.4 is 0 Å². The maximum absolute atomic E-state index is 5.09. The minimum absolute atomic E-state index is 0.679. The number of aliphatic imine (C=N–C) groups is 1. The highest BCUT2D eigenvalue weighted by Crippen LogP contribution is 2.35. The number of nitrogens with zero attached hydrogens (tertiary/aromatic N) is 1. The van der Waals surface area contributed by atoms with Crippen molar-refractivity contribution in [1.82, 2.24) is 0 Å². The average molecular weight is 284 g/mol. The van der Waals surface area contributed by atoms with Crippen LogP contribution in [-0.4, -0.2) is 24.2 Å². The van der Waals surface area contributed by atoms with Gasteiger partial charge in [-0.15, -0.1) is 0 Å². The van der Waals surface area contributed by atoms with Crippen LogP contribution in [0.3, 0.4) is 0 Å². The normalized spacial score (nSPS) is 29.7. The van der Waals surface area contributed by atoms with E-state index in [1.54, 1.807) is 5.71 Å². The molecule has 0 aromatic rings. The van der Waals surface area contributed by atoms with Gasteiger partial charge >= 0.3 is 0 Å². The molecule has 0 saturated heterocycles. The summed E-state index contributed by atoms with van der Waals surface area (Å²) in [5, 5.41) is 0.890. The molecule has 0 aliphatic heterocycles. The molecule has 104 valence electrons. The van der Waals surface area contributed by atoms with E-state index in [0.717, 1.165) is 5.25 Å². The molecule has 1 nitrogen and oxygen atoms in total. The Balaban J connectivity index is 1.83. The number of rotatable bonds is 3. The molecule has 1 unspecified atom stereocenters. The standard InChI is InChI=1S/C15H29NSSi/c1-18(2,3)17-15-11-10-14(12-15)16-13-8-6-4-5-7-9-13/h13,15H,4-12H2,1-3H3/b16-14+. The Morgan fingerprint density at radius 2 is 1.67 bits per heavy atom. The maximum Gasteiger partial charge on any atom is 0.108 e. The SMILES string of the molecule is C[Si](C)(C)SC1CC/C(=N\C2CCCCCC2)C1. The second-order valence-electron chi connectivity index (χ2n) is 6.94. The van der Waals surface area contributed by atoms with Crippen LogP contribution in [0.25, 0.3) is 0 Å². The fourth-order valence-electron chi connectivity index (χ4n) is 3.16. The van der Waals surface area contributed by atoms with Gasteiger partial charge in [-0.1, -0.05) is 45.3 Å². The van der Waals surface area contributed by atoms with E-state index in [2.05, 4.69) is 30.9 Å². The van der Waals surface area contributed by atoms with Crippen molar-refractivity contribution in [2.45, 2.75) is 88.7 Å². The van der Waals surface area contributed by atoms with Crippen molar-refractivity contribution in [3.63, 3.8) is 0 Å². The first-order valence-corrected chi connectivity index (χ1v) is 12.9.